The molecule has 0 saturated carbocycles. The van der Waals surface area contributed by atoms with Crippen molar-refractivity contribution in [3.05, 3.63) is 48.5 Å². The van der Waals surface area contributed by atoms with Crippen molar-refractivity contribution in [2.75, 3.05) is 5.32 Å². The van der Waals surface area contributed by atoms with Crippen molar-refractivity contribution in [2.45, 2.75) is 0 Å². The second kappa shape index (κ2) is 4.18. The molecule has 1 aromatic carbocycles. The van der Waals surface area contributed by atoms with Gasteiger partial charge in [-0.3, -0.25) is 0 Å². The SMILES string of the molecule is N#Cc1cc(Nc2c[nH]c3ccccc23)ncn1. The van der Waals surface area contributed by atoms with E-state index in [-0.39, 0.29) is 0 Å². The summed E-state index contributed by atoms with van der Waals surface area (Å²) in [6.45, 7) is 0. The zero-order valence-corrected chi connectivity index (χ0v) is 9.38. The van der Waals surface area contributed by atoms with E-state index >= 15 is 0 Å². The molecule has 0 bridgehead atoms. The zero-order valence-electron chi connectivity index (χ0n) is 9.38. The fourth-order valence-electron chi connectivity index (χ4n) is 1.80. The van der Waals surface area contributed by atoms with E-state index in [9.17, 15) is 0 Å². The smallest absolute Gasteiger partial charge is 0.145 e. The number of H-pyrrole nitrogens is 1. The molecule has 18 heavy (non-hydrogen) atoms. The molecule has 0 aliphatic carbocycles. The third kappa shape index (κ3) is 1.76. The molecular formula is C13H9N5. The highest BCUT2D eigenvalue weighted by molar-refractivity contribution is 5.93. The lowest BCUT2D eigenvalue weighted by atomic mass is 10.2. The van der Waals surface area contributed by atoms with Gasteiger partial charge in [0.25, 0.3) is 0 Å². The molecule has 0 atom stereocenters. The lowest BCUT2D eigenvalue weighted by Gasteiger charge is -2.03. The van der Waals surface area contributed by atoms with Gasteiger partial charge in [0, 0.05) is 23.2 Å². The van der Waals surface area contributed by atoms with Crippen LogP contribution in [0.5, 0.6) is 0 Å². The number of fused-ring (bicyclic) bond motifs is 1. The number of para-hydroxylation sites is 1. The first-order valence-electron chi connectivity index (χ1n) is 5.42. The fraction of sp³-hybridized carbons (Fsp3) is 0. The van der Waals surface area contributed by atoms with Gasteiger partial charge in [-0.25, -0.2) is 9.97 Å². The Morgan fingerprint density at radius 1 is 1.22 bits per heavy atom. The number of nitriles is 1. The Balaban J connectivity index is 1.99. The predicted octanol–water partition coefficient (Wildman–Crippen LogP) is 2.57. The molecule has 2 N–H and O–H groups in total. The fourth-order valence-corrected chi connectivity index (χ4v) is 1.80. The van der Waals surface area contributed by atoms with Crippen molar-refractivity contribution in [1.29, 1.82) is 5.26 Å². The first-order chi connectivity index (χ1) is 8.86. The number of hydrogen-bond acceptors (Lipinski definition) is 4. The van der Waals surface area contributed by atoms with Crippen molar-refractivity contribution < 1.29 is 0 Å². The van der Waals surface area contributed by atoms with Crippen LogP contribution in [0, 0.1) is 11.3 Å². The molecular weight excluding hydrogens is 226 g/mol. The van der Waals surface area contributed by atoms with Crippen LogP contribution in [0.1, 0.15) is 5.69 Å². The van der Waals surface area contributed by atoms with Gasteiger partial charge in [0.1, 0.15) is 23.9 Å². The Bertz CT molecular complexity index is 738. The molecule has 2 heterocycles. The van der Waals surface area contributed by atoms with E-state index in [0.29, 0.717) is 11.5 Å². The topological polar surface area (TPSA) is 77.4 Å². The van der Waals surface area contributed by atoms with Crippen LogP contribution in [0.25, 0.3) is 10.9 Å². The summed E-state index contributed by atoms with van der Waals surface area (Å²) in [5.41, 5.74) is 2.31. The number of benzene rings is 1. The van der Waals surface area contributed by atoms with Gasteiger partial charge in [0.2, 0.25) is 0 Å². The van der Waals surface area contributed by atoms with E-state index in [2.05, 4.69) is 20.3 Å². The zero-order chi connectivity index (χ0) is 12.4. The molecule has 5 nitrogen and oxygen atoms in total. The minimum Gasteiger partial charge on any atom is -0.359 e. The van der Waals surface area contributed by atoms with Crippen LogP contribution < -0.4 is 5.32 Å². The molecule has 5 heteroatoms. The number of nitrogens with one attached hydrogen (secondary N) is 2. The quantitative estimate of drug-likeness (QED) is 0.715. The first-order valence-corrected chi connectivity index (χ1v) is 5.42. The molecule has 0 spiro atoms. The van der Waals surface area contributed by atoms with Gasteiger partial charge in [-0.2, -0.15) is 5.26 Å². The van der Waals surface area contributed by atoms with Crippen LogP contribution in [0.2, 0.25) is 0 Å². The number of rotatable bonds is 2. The number of aromatic nitrogens is 3. The number of aromatic amines is 1. The molecule has 0 aliphatic heterocycles. The summed E-state index contributed by atoms with van der Waals surface area (Å²) < 4.78 is 0. The molecule has 3 aromatic rings. The summed E-state index contributed by atoms with van der Waals surface area (Å²) in [6.07, 6.45) is 3.24. The highest BCUT2D eigenvalue weighted by Gasteiger charge is 2.04. The van der Waals surface area contributed by atoms with Crippen molar-refractivity contribution >= 4 is 22.4 Å². The predicted molar refractivity (Wildman–Crippen MR) is 68.3 cm³/mol. The van der Waals surface area contributed by atoms with Crippen molar-refractivity contribution in [2.24, 2.45) is 0 Å². The van der Waals surface area contributed by atoms with E-state index in [4.69, 9.17) is 5.26 Å². The lowest BCUT2D eigenvalue weighted by molar-refractivity contribution is 1.14. The second-order valence-corrected chi connectivity index (χ2v) is 3.77. The minimum absolute atomic E-state index is 0.340. The van der Waals surface area contributed by atoms with Crippen LogP contribution in [0.4, 0.5) is 11.5 Å². The number of nitrogens with zero attached hydrogens (tertiary/aromatic N) is 3. The Kier molecular flexibility index (Phi) is 2.39. The van der Waals surface area contributed by atoms with Crippen LogP contribution in [0.15, 0.2) is 42.9 Å². The monoisotopic (exact) mass is 235 g/mol. The first kappa shape index (κ1) is 10.3. The van der Waals surface area contributed by atoms with E-state index in [1.807, 2.05) is 36.5 Å². The summed E-state index contributed by atoms with van der Waals surface area (Å²) in [6, 6.07) is 11.6. The van der Waals surface area contributed by atoms with Gasteiger partial charge in [0.15, 0.2) is 0 Å². The molecule has 0 aliphatic rings. The third-order valence-electron chi connectivity index (χ3n) is 2.63. The van der Waals surface area contributed by atoms with E-state index in [1.54, 1.807) is 6.07 Å². The summed E-state index contributed by atoms with van der Waals surface area (Å²) in [5.74, 6) is 0.603. The third-order valence-corrected chi connectivity index (χ3v) is 2.63. The van der Waals surface area contributed by atoms with Gasteiger partial charge in [-0.15, -0.1) is 0 Å². The molecule has 86 valence electrons. The maximum atomic E-state index is 8.79. The standard InChI is InChI=1S/C13H9N5/c14-6-9-5-13(17-8-16-9)18-12-7-15-11-4-2-1-3-10(11)12/h1-5,7-8,15H,(H,16,17,18). The molecule has 0 unspecified atom stereocenters. The maximum Gasteiger partial charge on any atom is 0.145 e. The van der Waals surface area contributed by atoms with Crippen LogP contribution in [0.3, 0.4) is 0 Å². The molecule has 3 rings (SSSR count). The van der Waals surface area contributed by atoms with Gasteiger partial charge in [-0.05, 0) is 6.07 Å². The Morgan fingerprint density at radius 2 is 2.11 bits per heavy atom. The molecule has 0 amide bonds. The number of anilines is 2. The maximum absolute atomic E-state index is 8.79. The Hall–Kier alpha value is -2.87. The van der Waals surface area contributed by atoms with Crippen LogP contribution >= 0.6 is 0 Å². The average Bonchev–Trinajstić information content (AvgIpc) is 2.83. The summed E-state index contributed by atoms with van der Waals surface area (Å²) >= 11 is 0. The van der Waals surface area contributed by atoms with E-state index in [0.717, 1.165) is 16.6 Å². The van der Waals surface area contributed by atoms with Crippen molar-refractivity contribution in [1.82, 2.24) is 15.0 Å². The average molecular weight is 235 g/mol. The van der Waals surface area contributed by atoms with Crippen molar-refractivity contribution in [3.8, 4) is 6.07 Å². The second-order valence-electron chi connectivity index (χ2n) is 3.77. The number of hydrogen-bond donors (Lipinski definition) is 2. The van der Waals surface area contributed by atoms with Crippen LogP contribution in [-0.4, -0.2) is 15.0 Å². The van der Waals surface area contributed by atoms with Gasteiger partial charge >= 0.3 is 0 Å². The Morgan fingerprint density at radius 3 is 3.00 bits per heavy atom. The lowest BCUT2D eigenvalue weighted by Crippen LogP contribution is -1.94. The normalized spacial score (nSPS) is 10.2. The summed E-state index contributed by atoms with van der Waals surface area (Å²) in [7, 11) is 0. The highest BCUT2D eigenvalue weighted by atomic mass is 15.0. The summed E-state index contributed by atoms with van der Waals surface area (Å²) in [4.78, 5) is 11.1. The van der Waals surface area contributed by atoms with Crippen molar-refractivity contribution in [3.63, 3.8) is 0 Å². The highest BCUT2D eigenvalue weighted by Crippen LogP contribution is 2.25. The van der Waals surface area contributed by atoms with Gasteiger partial charge in [0.05, 0.1) is 5.69 Å². The van der Waals surface area contributed by atoms with E-state index in [1.165, 1.54) is 6.33 Å². The molecule has 0 fully saturated rings. The largest absolute Gasteiger partial charge is 0.359 e. The molecule has 2 aromatic heterocycles. The molecule has 0 radical (unpaired) electrons. The minimum atomic E-state index is 0.340. The van der Waals surface area contributed by atoms with Gasteiger partial charge in [-0.1, -0.05) is 18.2 Å². The van der Waals surface area contributed by atoms with Gasteiger partial charge < -0.3 is 10.3 Å². The summed E-state index contributed by atoms with van der Waals surface area (Å²) in [5, 5.41) is 13.0. The Labute approximate surface area is 103 Å². The molecule has 0 saturated heterocycles. The van der Waals surface area contributed by atoms with Crippen LogP contribution in [-0.2, 0) is 0 Å². The van der Waals surface area contributed by atoms with E-state index < -0.39 is 0 Å².